The molecule has 2 amide bonds. The van der Waals surface area contributed by atoms with Crippen LogP contribution < -0.4 is 15.5 Å². The maximum Gasteiger partial charge on any atom is 0.279 e. The zero-order valence-corrected chi connectivity index (χ0v) is 17.8. The van der Waals surface area contributed by atoms with Gasteiger partial charge in [-0.15, -0.1) is 0 Å². The van der Waals surface area contributed by atoms with E-state index in [1.54, 1.807) is 12.1 Å². The van der Waals surface area contributed by atoms with Gasteiger partial charge < -0.3 is 15.5 Å². The fourth-order valence-corrected chi connectivity index (χ4v) is 3.95. The molecular formula is C23H29ClN3O2+. The molecule has 6 heteroatoms. The quantitative estimate of drug-likeness (QED) is 0.652. The van der Waals surface area contributed by atoms with Crippen LogP contribution in [0.25, 0.3) is 0 Å². The predicted octanol–water partition coefficient (Wildman–Crippen LogP) is 2.55. The molecule has 3 rings (SSSR count). The fraction of sp³-hybridized carbons (Fsp3) is 0.391. The van der Waals surface area contributed by atoms with Crippen molar-refractivity contribution in [3.63, 3.8) is 0 Å². The number of para-hydroxylation sites is 1. The van der Waals surface area contributed by atoms with Crippen molar-refractivity contribution in [2.45, 2.75) is 38.6 Å². The molecule has 0 saturated heterocycles. The normalized spacial score (nSPS) is 15.1. The first-order valence-corrected chi connectivity index (χ1v) is 10.6. The molecular weight excluding hydrogens is 386 g/mol. The number of carbonyl (C=O) groups is 2. The lowest BCUT2D eigenvalue weighted by Gasteiger charge is -2.20. The summed E-state index contributed by atoms with van der Waals surface area (Å²) < 4.78 is 0. The Bertz CT molecular complexity index is 884. The maximum atomic E-state index is 12.4. The minimum atomic E-state index is -0.175. The zero-order chi connectivity index (χ0) is 20.8. The minimum absolute atomic E-state index is 0.0560. The van der Waals surface area contributed by atoms with Crippen molar-refractivity contribution in [1.29, 1.82) is 0 Å². The first-order chi connectivity index (χ1) is 13.9. The summed E-state index contributed by atoms with van der Waals surface area (Å²) in [4.78, 5) is 25.5. The lowest BCUT2D eigenvalue weighted by Crippen LogP contribution is -3.11. The third-order valence-corrected chi connectivity index (χ3v) is 5.65. The molecule has 0 aromatic heterocycles. The predicted molar refractivity (Wildman–Crippen MR) is 116 cm³/mol. The number of anilines is 1. The van der Waals surface area contributed by atoms with Crippen molar-refractivity contribution in [2.75, 3.05) is 25.5 Å². The molecule has 3 N–H and O–H groups in total. The molecule has 2 atom stereocenters. The van der Waals surface area contributed by atoms with Gasteiger partial charge in [-0.2, -0.15) is 0 Å². The van der Waals surface area contributed by atoms with Crippen LogP contribution in [0.2, 0.25) is 5.02 Å². The fourth-order valence-electron chi connectivity index (χ4n) is 3.77. The van der Waals surface area contributed by atoms with Crippen LogP contribution in [0.3, 0.4) is 0 Å². The molecule has 2 aromatic rings. The van der Waals surface area contributed by atoms with Gasteiger partial charge in [0.25, 0.3) is 11.8 Å². The number of rotatable bonds is 7. The average molecular weight is 415 g/mol. The molecule has 154 valence electrons. The molecule has 1 aliphatic rings. The number of benzene rings is 2. The maximum absolute atomic E-state index is 12.4. The van der Waals surface area contributed by atoms with Gasteiger partial charge in [-0.05, 0) is 61.4 Å². The minimum Gasteiger partial charge on any atom is -0.345 e. The second-order valence-electron chi connectivity index (χ2n) is 7.86. The third kappa shape index (κ3) is 6.05. The van der Waals surface area contributed by atoms with E-state index in [4.69, 9.17) is 11.6 Å². The highest BCUT2D eigenvalue weighted by molar-refractivity contribution is 6.33. The van der Waals surface area contributed by atoms with E-state index in [-0.39, 0.29) is 30.9 Å². The number of aryl methyl sites for hydroxylation is 2. The topological polar surface area (TPSA) is 62.6 Å². The van der Waals surface area contributed by atoms with Crippen LogP contribution in [-0.4, -0.2) is 32.0 Å². The Labute approximate surface area is 177 Å². The Balaban J connectivity index is 1.48. The van der Waals surface area contributed by atoms with E-state index in [0.29, 0.717) is 10.7 Å². The summed E-state index contributed by atoms with van der Waals surface area (Å²) >= 11 is 6.06. The van der Waals surface area contributed by atoms with Crippen molar-refractivity contribution in [3.8, 4) is 0 Å². The number of hydrogen-bond acceptors (Lipinski definition) is 2. The molecule has 0 radical (unpaired) electrons. The average Bonchev–Trinajstić information content (AvgIpc) is 2.69. The highest BCUT2D eigenvalue weighted by atomic mass is 35.5. The van der Waals surface area contributed by atoms with Gasteiger partial charge in [0.05, 0.1) is 23.8 Å². The summed E-state index contributed by atoms with van der Waals surface area (Å²) in [5, 5.41) is 6.34. The summed E-state index contributed by atoms with van der Waals surface area (Å²) in [6, 6.07) is 13.6. The highest BCUT2D eigenvalue weighted by Gasteiger charge is 2.18. The smallest absolute Gasteiger partial charge is 0.279 e. The Morgan fingerprint density at radius 2 is 1.72 bits per heavy atom. The number of fused-ring (bicyclic) bond motifs is 1. The molecule has 0 bridgehead atoms. The molecule has 0 heterocycles. The highest BCUT2D eigenvalue weighted by Crippen LogP contribution is 2.24. The van der Waals surface area contributed by atoms with E-state index in [9.17, 15) is 9.59 Å². The molecule has 2 aromatic carbocycles. The molecule has 1 unspecified atom stereocenters. The van der Waals surface area contributed by atoms with Gasteiger partial charge in [0.15, 0.2) is 13.1 Å². The molecule has 5 nitrogen and oxygen atoms in total. The lowest BCUT2D eigenvalue weighted by atomic mass is 9.89. The van der Waals surface area contributed by atoms with Crippen molar-refractivity contribution in [2.24, 2.45) is 0 Å². The van der Waals surface area contributed by atoms with Crippen LogP contribution in [0.5, 0.6) is 0 Å². The van der Waals surface area contributed by atoms with Crippen LogP contribution in [0.1, 0.15) is 42.5 Å². The third-order valence-electron chi connectivity index (χ3n) is 5.32. The number of quaternary nitrogens is 1. The van der Waals surface area contributed by atoms with Crippen LogP contribution in [-0.2, 0) is 22.4 Å². The second kappa shape index (κ2) is 9.90. The standard InChI is InChI=1S/C23H28ClN3O2/c1-16(18-12-11-17-7-3-4-8-19(17)13-18)25-22(28)14-27(2)15-23(29)26-21-10-6-5-9-20(21)24/h5-6,9-13,16H,3-4,7-8,14-15H2,1-2H3,(H,25,28)(H,26,29)/p+1/t16-/m1/s1. The SMILES string of the molecule is C[C@@H](NC(=O)C[NH+](C)CC(=O)Nc1ccccc1Cl)c1ccc2c(c1)CCCC2. The van der Waals surface area contributed by atoms with E-state index < -0.39 is 0 Å². The van der Waals surface area contributed by atoms with Crippen molar-refractivity contribution in [1.82, 2.24) is 5.32 Å². The number of carbonyl (C=O) groups excluding carboxylic acids is 2. The summed E-state index contributed by atoms with van der Waals surface area (Å²) in [5.41, 5.74) is 4.56. The van der Waals surface area contributed by atoms with E-state index in [2.05, 4.69) is 28.8 Å². The summed E-state index contributed by atoms with van der Waals surface area (Å²) in [7, 11) is 1.83. The van der Waals surface area contributed by atoms with Crippen LogP contribution >= 0.6 is 11.6 Å². The number of halogens is 1. The van der Waals surface area contributed by atoms with Crippen LogP contribution in [0.15, 0.2) is 42.5 Å². The number of hydrogen-bond donors (Lipinski definition) is 3. The second-order valence-corrected chi connectivity index (χ2v) is 8.27. The molecule has 0 aliphatic heterocycles. The van der Waals surface area contributed by atoms with Crippen LogP contribution in [0.4, 0.5) is 5.69 Å². The zero-order valence-electron chi connectivity index (χ0n) is 17.1. The van der Waals surface area contributed by atoms with E-state index >= 15 is 0 Å². The molecule has 0 fully saturated rings. The van der Waals surface area contributed by atoms with E-state index in [1.165, 1.54) is 24.0 Å². The van der Waals surface area contributed by atoms with E-state index in [1.807, 2.05) is 26.1 Å². The van der Waals surface area contributed by atoms with Gasteiger partial charge in [0.1, 0.15) is 0 Å². The molecule has 0 saturated carbocycles. The van der Waals surface area contributed by atoms with Crippen molar-refractivity contribution < 1.29 is 14.5 Å². The number of likely N-dealkylation sites (N-methyl/N-ethyl adjacent to an activating group) is 1. The Morgan fingerprint density at radius 3 is 2.48 bits per heavy atom. The van der Waals surface area contributed by atoms with Gasteiger partial charge in [-0.25, -0.2) is 0 Å². The van der Waals surface area contributed by atoms with Crippen molar-refractivity contribution >= 4 is 29.1 Å². The number of nitrogens with one attached hydrogen (secondary N) is 3. The molecule has 0 spiro atoms. The molecule has 29 heavy (non-hydrogen) atoms. The first kappa shape index (κ1) is 21.3. The summed E-state index contributed by atoms with van der Waals surface area (Å²) in [6.07, 6.45) is 4.78. The largest absolute Gasteiger partial charge is 0.345 e. The number of amides is 2. The van der Waals surface area contributed by atoms with Gasteiger partial charge in [-0.3, -0.25) is 9.59 Å². The Morgan fingerprint density at radius 1 is 1.03 bits per heavy atom. The summed E-state index contributed by atoms with van der Waals surface area (Å²) in [6.45, 7) is 2.42. The van der Waals surface area contributed by atoms with Crippen LogP contribution in [0, 0.1) is 0 Å². The molecule has 1 aliphatic carbocycles. The van der Waals surface area contributed by atoms with Gasteiger partial charge in [-0.1, -0.05) is 41.9 Å². The Kier molecular flexibility index (Phi) is 7.29. The summed E-state index contributed by atoms with van der Waals surface area (Å²) in [5.74, 6) is -0.246. The van der Waals surface area contributed by atoms with Crippen molar-refractivity contribution in [3.05, 3.63) is 64.2 Å². The Hall–Kier alpha value is -2.37. The first-order valence-electron chi connectivity index (χ1n) is 10.2. The van der Waals surface area contributed by atoms with Gasteiger partial charge in [0, 0.05) is 0 Å². The van der Waals surface area contributed by atoms with E-state index in [0.717, 1.165) is 23.3 Å². The van der Waals surface area contributed by atoms with Gasteiger partial charge >= 0.3 is 0 Å². The monoisotopic (exact) mass is 414 g/mol. The van der Waals surface area contributed by atoms with Gasteiger partial charge in [0.2, 0.25) is 0 Å². The lowest BCUT2D eigenvalue weighted by molar-refractivity contribution is -0.862.